The lowest BCUT2D eigenvalue weighted by Crippen LogP contribution is -2.50. The molecule has 7 nitrogen and oxygen atoms in total. The minimum absolute atomic E-state index is 0.0222. The second-order valence-corrected chi connectivity index (χ2v) is 4.48. The first-order valence-electron chi connectivity index (χ1n) is 6.17. The van der Waals surface area contributed by atoms with Crippen LogP contribution in [0.15, 0.2) is 0 Å². The van der Waals surface area contributed by atoms with Crippen LogP contribution < -0.4 is 5.32 Å². The number of esters is 1. The Morgan fingerprint density at radius 1 is 1.16 bits per heavy atom. The quantitative estimate of drug-likeness (QED) is 0.739. The number of carbonyl (C=O) groups is 3. The Kier molecular flexibility index (Phi) is 5.59. The molecule has 2 amide bonds. The Bertz CT molecular complexity index is 350. The van der Waals surface area contributed by atoms with Gasteiger partial charge in [0.05, 0.1) is 14.2 Å². The van der Waals surface area contributed by atoms with E-state index in [0.29, 0.717) is 25.9 Å². The van der Waals surface area contributed by atoms with Gasteiger partial charge in [-0.3, -0.25) is 4.79 Å². The van der Waals surface area contributed by atoms with Crippen molar-refractivity contribution in [2.75, 3.05) is 27.3 Å². The van der Waals surface area contributed by atoms with Gasteiger partial charge in [0.25, 0.3) is 0 Å². The average Bonchev–Trinajstić information content (AvgIpc) is 2.43. The van der Waals surface area contributed by atoms with Gasteiger partial charge in [0.2, 0.25) is 5.91 Å². The second kappa shape index (κ2) is 6.96. The molecule has 0 bridgehead atoms. The molecule has 0 unspecified atom stereocenters. The molecule has 0 aromatic carbocycles. The van der Waals surface area contributed by atoms with Gasteiger partial charge in [-0.05, 0) is 18.8 Å². The highest BCUT2D eigenvalue weighted by molar-refractivity contribution is 5.81. The summed E-state index contributed by atoms with van der Waals surface area (Å²) in [5.41, 5.74) is 0. The number of likely N-dealkylation sites (tertiary alicyclic amines) is 1. The maximum absolute atomic E-state index is 11.7. The Morgan fingerprint density at radius 3 is 2.16 bits per heavy atom. The number of rotatable bonds is 3. The largest absolute Gasteiger partial charge is 0.467 e. The van der Waals surface area contributed by atoms with E-state index in [1.54, 1.807) is 4.90 Å². The standard InChI is InChI=1S/C12H20N2O5/c1-8(15)14-6-4-9(5-7-14)10(11(16)18-2)13-12(17)19-3/h9-10H,4-7H2,1-3H3,(H,13,17)/t10-/m0/s1. The summed E-state index contributed by atoms with van der Waals surface area (Å²) >= 11 is 0. The van der Waals surface area contributed by atoms with E-state index in [1.165, 1.54) is 21.1 Å². The van der Waals surface area contributed by atoms with Gasteiger partial charge in [0, 0.05) is 20.0 Å². The van der Waals surface area contributed by atoms with E-state index in [2.05, 4.69) is 10.1 Å². The number of ether oxygens (including phenoxy) is 2. The third-order valence-electron chi connectivity index (χ3n) is 3.37. The zero-order valence-corrected chi connectivity index (χ0v) is 11.5. The molecule has 1 saturated heterocycles. The van der Waals surface area contributed by atoms with Crippen LogP contribution in [0.1, 0.15) is 19.8 Å². The maximum Gasteiger partial charge on any atom is 0.407 e. The van der Waals surface area contributed by atoms with E-state index in [0.717, 1.165) is 0 Å². The molecule has 1 heterocycles. The van der Waals surface area contributed by atoms with Gasteiger partial charge in [0.1, 0.15) is 6.04 Å². The Morgan fingerprint density at radius 2 is 1.74 bits per heavy atom. The van der Waals surface area contributed by atoms with Gasteiger partial charge in [-0.25, -0.2) is 9.59 Å². The van der Waals surface area contributed by atoms with Crippen LogP contribution in [-0.4, -0.2) is 56.2 Å². The summed E-state index contributed by atoms with van der Waals surface area (Å²) in [4.78, 5) is 35.9. The number of hydrogen-bond acceptors (Lipinski definition) is 5. The minimum Gasteiger partial charge on any atom is -0.467 e. The number of carbonyl (C=O) groups excluding carboxylic acids is 3. The summed E-state index contributed by atoms with van der Waals surface area (Å²) < 4.78 is 9.20. The summed E-state index contributed by atoms with van der Waals surface area (Å²) in [5.74, 6) is -0.525. The summed E-state index contributed by atoms with van der Waals surface area (Å²) in [5, 5.41) is 2.49. The number of hydrogen-bond donors (Lipinski definition) is 1. The van der Waals surface area contributed by atoms with Crippen molar-refractivity contribution < 1.29 is 23.9 Å². The van der Waals surface area contributed by atoms with Crippen molar-refractivity contribution in [2.45, 2.75) is 25.8 Å². The molecule has 1 aliphatic heterocycles. The van der Waals surface area contributed by atoms with E-state index in [4.69, 9.17) is 4.74 Å². The smallest absolute Gasteiger partial charge is 0.407 e. The lowest BCUT2D eigenvalue weighted by atomic mass is 9.89. The molecule has 0 aromatic rings. The number of nitrogens with zero attached hydrogens (tertiary/aromatic N) is 1. The van der Waals surface area contributed by atoms with Crippen molar-refractivity contribution >= 4 is 18.0 Å². The normalized spacial score (nSPS) is 17.5. The van der Waals surface area contributed by atoms with Gasteiger partial charge in [-0.2, -0.15) is 0 Å². The van der Waals surface area contributed by atoms with Gasteiger partial charge < -0.3 is 19.7 Å². The van der Waals surface area contributed by atoms with E-state index in [-0.39, 0.29) is 11.8 Å². The summed E-state index contributed by atoms with van der Waals surface area (Å²) in [6, 6.07) is -0.730. The van der Waals surface area contributed by atoms with E-state index < -0.39 is 18.1 Å². The molecule has 1 atom stereocenters. The molecule has 1 fully saturated rings. The second-order valence-electron chi connectivity index (χ2n) is 4.48. The molecule has 0 spiro atoms. The zero-order valence-electron chi connectivity index (χ0n) is 11.5. The van der Waals surface area contributed by atoms with Crippen LogP contribution >= 0.6 is 0 Å². The fraction of sp³-hybridized carbons (Fsp3) is 0.750. The maximum atomic E-state index is 11.7. The Hall–Kier alpha value is -1.79. The van der Waals surface area contributed by atoms with Crippen molar-refractivity contribution in [2.24, 2.45) is 5.92 Å². The summed E-state index contributed by atoms with van der Waals surface area (Å²) in [6.07, 6.45) is 0.622. The highest BCUT2D eigenvalue weighted by Gasteiger charge is 2.34. The van der Waals surface area contributed by atoms with Crippen molar-refractivity contribution in [3.63, 3.8) is 0 Å². The van der Waals surface area contributed by atoms with E-state index in [9.17, 15) is 14.4 Å². The first kappa shape index (κ1) is 15.3. The Balaban J connectivity index is 2.64. The topological polar surface area (TPSA) is 84.9 Å². The minimum atomic E-state index is -0.730. The predicted octanol–water partition coefficient (Wildman–Crippen LogP) is 0.143. The molecule has 0 radical (unpaired) electrons. The highest BCUT2D eigenvalue weighted by atomic mass is 16.5. The molecule has 0 saturated carbocycles. The zero-order chi connectivity index (χ0) is 14.4. The fourth-order valence-corrected chi connectivity index (χ4v) is 2.23. The number of piperidine rings is 1. The fourth-order valence-electron chi connectivity index (χ4n) is 2.23. The molecule has 1 rings (SSSR count). The van der Waals surface area contributed by atoms with Crippen molar-refractivity contribution in [3.8, 4) is 0 Å². The molecule has 108 valence electrons. The van der Waals surface area contributed by atoms with Crippen molar-refractivity contribution in [1.82, 2.24) is 10.2 Å². The summed E-state index contributed by atoms with van der Waals surface area (Å²) in [6.45, 7) is 2.68. The molecule has 0 aliphatic carbocycles. The molecule has 19 heavy (non-hydrogen) atoms. The lowest BCUT2D eigenvalue weighted by Gasteiger charge is -2.34. The highest BCUT2D eigenvalue weighted by Crippen LogP contribution is 2.21. The number of methoxy groups -OCH3 is 2. The lowest BCUT2D eigenvalue weighted by molar-refractivity contribution is -0.145. The van der Waals surface area contributed by atoms with Gasteiger partial charge >= 0.3 is 12.1 Å². The monoisotopic (exact) mass is 272 g/mol. The summed E-state index contributed by atoms with van der Waals surface area (Å²) in [7, 11) is 2.51. The van der Waals surface area contributed by atoms with Crippen molar-refractivity contribution in [1.29, 1.82) is 0 Å². The molecule has 1 N–H and O–H groups in total. The van der Waals surface area contributed by atoms with Crippen LogP contribution in [0.25, 0.3) is 0 Å². The van der Waals surface area contributed by atoms with Crippen LogP contribution in [0.3, 0.4) is 0 Å². The molecule has 7 heteroatoms. The SMILES string of the molecule is COC(=O)N[C@H](C(=O)OC)C1CCN(C(C)=O)CC1. The molecular formula is C12H20N2O5. The molecular weight excluding hydrogens is 252 g/mol. The molecule has 0 aromatic heterocycles. The van der Waals surface area contributed by atoms with Crippen LogP contribution in [0.4, 0.5) is 4.79 Å². The first-order chi connectivity index (χ1) is 8.99. The third kappa shape index (κ3) is 4.11. The van der Waals surface area contributed by atoms with Gasteiger partial charge in [-0.15, -0.1) is 0 Å². The van der Waals surface area contributed by atoms with Crippen LogP contribution in [0, 0.1) is 5.92 Å². The van der Waals surface area contributed by atoms with Gasteiger partial charge in [-0.1, -0.05) is 0 Å². The first-order valence-corrected chi connectivity index (χ1v) is 6.17. The van der Waals surface area contributed by atoms with Crippen molar-refractivity contribution in [3.05, 3.63) is 0 Å². The van der Waals surface area contributed by atoms with Crippen LogP contribution in [-0.2, 0) is 19.1 Å². The third-order valence-corrected chi connectivity index (χ3v) is 3.37. The number of nitrogens with one attached hydrogen (secondary N) is 1. The molecule has 1 aliphatic rings. The van der Waals surface area contributed by atoms with E-state index >= 15 is 0 Å². The number of amides is 2. The van der Waals surface area contributed by atoms with Gasteiger partial charge in [0.15, 0.2) is 0 Å². The average molecular weight is 272 g/mol. The Labute approximate surface area is 112 Å². The predicted molar refractivity (Wildman–Crippen MR) is 66.3 cm³/mol. The van der Waals surface area contributed by atoms with E-state index in [1.807, 2.05) is 0 Å². The van der Waals surface area contributed by atoms with Crippen LogP contribution in [0.2, 0.25) is 0 Å². The number of alkyl carbamates (subject to hydrolysis) is 1. The van der Waals surface area contributed by atoms with Crippen LogP contribution in [0.5, 0.6) is 0 Å².